The normalized spacial score (nSPS) is 14.8. The van der Waals surface area contributed by atoms with Crippen LogP contribution in [0, 0.1) is 0 Å². The van der Waals surface area contributed by atoms with Crippen LogP contribution in [-0.4, -0.2) is 70.4 Å². The van der Waals surface area contributed by atoms with Gasteiger partial charge in [-0.2, -0.15) is 0 Å². The number of halogens is 1. The summed E-state index contributed by atoms with van der Waals surface area (Å²) in [6.07, 6.45) is 0.386. The minimum absolute atomic E-state index is 0.0552. The summed E-state index contributed by atoms with van der Waals surface area (Å²) in [5.41, 5.74) is 2.09. The number of nitrogens with one attached hydrogen (secondary N) is 1. The number of likely N-dealkylation sites (tertiary alicyclic amines) is 1. The number of amides is 2. The molecule has 1 aliphatic rings. The summed E-state index contributed by atoms with van der Waals surface area (Å²) in [5, 5.41) is 2.22. The Hall–Kier alpha value is -4.06. The SMILES string of the molecule is COc1ccc(-c2cccc(C(=O)N(C)C)c2)cc1S(=O)(=O)Nc1cccc(O[C@H]2CCN(C(=O)c3sccc3Cl)C2)c1. The van der Waals surface area contributed by atoms with Gasteiger partial charge in [-0.15, -0.1) is 11.3 Å². The van der Waals surface area contributed by atoms with Crippen LogP contribution in [0.3, 0.4) is 0 Å². The molecule has 4 aromatic rings. The highest BCUT2D eigenvalue weighted by molar-refractivity contribution is 7.92. The van der Waals surface area contributed by atoms with Gasteiger partial charge in [-0.25, -0.2) is 8.42 Å². The maximum atomic E-state index is 13.6. The standard InChI is InChI=1S/C31H30ClN3O6S2/c1-34(2)30(36)22-7-4-6-20(16-22)21-10-11-27(40-3)28(17-21)43(38,39)33-23-8-5-9-24(18-23)41-25-12-14-35(19-25)31(37)29-26(32)13-15-42-29/h4-11,13,15-18,25,33H,12,14,19H2,1-3H3/t25-/m0/s1. The largest absolute Gasteiger partial charge is 0.495 e. The van der Waals surface area contributed by atoms with E-state index in [0.29, 0.717) is 57.5 Å². The first kappa shape index (κ1) is 30.4. The summed E-state index contributed by atoms with van der Waals surface area (Å²) >= 11 is 7.44. The van der Waals surface area contributed by atoms with E-state index in [4.69, 9.17) is 21.1 Å². The van der Waals surface area contributed by atoms with Gasteiger partial charge in [0, 0.05) is 38.7 Å². The van der Waals surface area contributed by atoms with Gasteiger partial charge in [0.2, 0.25) is 0 Å². The van der Waals surface area contributed by atoms with Crippen molar-refractivity contribution in [2.75, 3.05) is 39.0 Å². The number of carbonyl (C=O) groups is 2. The number of rotatable bonds is 9. The van der Waals surface area contributed by atoms with Gasteiger partial charge >= 0.3 is 0 Å². The Balaban J connectivity index is 1.32. The lowest BCUT2D eigenvalue weighted by atomic mass is 10.0. The highest BCUT2D eigenvalue weighted by atomic mass is 35.5. The summed E-state index contributed by atoms with van der Waals surface area (Å²) in [4.78, 5) is 28.9. The molecule has 0 bridgehead atoms. The van der Waals surface area contributed by atoms with Crippen molar-refractivity contribution in [2.45, 2.75) is 17.4 Å². The number of carbonyl (C=O) groups excluding carboxylic acids is 2. The summed E-state index contributed by atoms with van der Waals surface area (Å²) in [6.45, 7) is 0.931. The first-order chi connectivity index (χ1) is 20.6. The van der Waals surface area contributed by atoms with Crippen molar-refractivity contribution in [1.29, 1.82) is 0 Å². The van der Waals surface area contributed by atoms with Crippen LogP contribution in [0.4, 0.5) is 5.69 Å². The molecule has 12 heteroatoms. The van der Waals surface area contributed by atoms with Crippen LogP contribution < -0.4 is 14.2 Å². The van der Waals surface area contributed by atoms with E-state index in [9.17, 15) is 18.0 Å². The Bertz CT molecular complexity index is 1770. The first-order valence-electron chi connectivity index (χ1n) is 13.4. The van der Waals surface area contributed by atoms with Crippen molar-refractivity contribution in [3.8, 4) is 22.6 Å². The lowest BCUT2D eigenvalue weighted by molar-refractivity contribution is 0.0776. The van der Waals surface area contributed by atoms with Gasteiger partial charge in [-0.05, 0) is 59.0 Å². The summed E-state index contributed by atoms with van der Waals surface area (Å²) in [5.74, 6) is 0.359. The highest BCUT2D eigenvalue weighted by Gasteiger charge is 2.30. The van der Waals surface area contributed by atoms with Gasteiger partial charge in [0.05, 0.1) is 24.4 Å². The highest BCUT2D eigenvalue weighted by Crippen LogP contribution is 2.33. The van der Waals surface area contributed by atoms with E-state index in [1.165, 1.54) is 29.4 Å². The molecular weight excluding hydrogens is 610 g/mol. The fraction of sp³-hybridized carbons (Fsp3) is 0.226. The van der Waals surface area contributed by atoms with Crippen LogP contribution in [0.25, 0.3) is 11.1 Å². The zero-order chi connectivity index (χ0) is 30.7. The molecule has 1 aromatic heterocycles. The molecule has 1 fully saturated rings. The van der Waals surface area contributed by atoms with Crippen molar-refractivity contribution in [3.63, 3.8) is 0 Å². The van der Waals surface area contributed by atoms with Crippen molar-refractivity contribution in [2.24, 2.45) is 0 Å². The third kappa shape index (κ3) is 6.79. The lowest BCUT2D eigenvalue weighted by Gasteiger charge is -2.18. The van der Waals surface area contributed by atoms with Crippen molar-refractivity contribution < 1.29 is 27.5 Å². The summed E-state index contributed by atoms with van der Waals surface area (Å²) < 4.78 is 41.3. The van der Waals surface area contributed by atoms with Gasteiger partial charge in [-0.1, -0.05) is 35.9 Å². The molecule has 2 amide bonds. The van der Waals surface area contributed by atoms with Crippen molar-refractivity contribution >= 4 is 50.5 Å². The van der Waals surface area contributed by atoms with Crippen LogP contribution in [0.2, 0.25) is 5.02 Å². The predicted molar refractivity (Wildman–Crippen MR) is 168 cm³/mol. The Morgan fingerprint density at radius 1 is 1.02 bits per heavy atom. The summed E-state index contributed by atoms with van der Waals surface area (Å²) in [7, 11) is 0.657. The van der Waals surface area contributed by atoms with Crippen molar-refractivity contribution in [3.05, 3.63) is 93.6 Å². The number of ether oxygens (including phenoxy) is 2. The second-order valence-electron chi connectivity index (χ2n) is 10.2. The van der Waals surface area contributed by atoms with E-state index in [0.717, 1.165) is 0 Å². The molecule has 0 spiro atoms. The lowest BCUT2D eigenvalue weighted by Crippen LogP contribution is -2.30. The zero-order valence-electron chi connectivity index (χ0n) is 23.7. The molecule has 9 nitrogen and oxygen atoms in total. The van der Waals surface area contributed by atoms with E-state index >= 15 is 0 Å². The molecule has 5 rings (SSSR count). The number of hydrogen-bond acceptors (Lipinski definition) is 7. The monoisotopic (exact) mass is 639 g/mol. The van der Waals surface area contributed by atoms with Gasteiger partial charge in [-0.3, -0.25) is 14.3 Å². The average molecular weight is 640 g/mol. The van der Waals surface area contributed by atoms with E-state index in [1.807, 2.05) is 6.07 Å². The van der Waals surface area contributed by atoms with Crippen LogP contribution in [-0.2, 0) is 10.0 Å². The maximum Gasteiger partial charge on any atom is 0.265 e. The smallest absolute Gasteiger partial charge is 0.265 e. The Morgan fingerprint density at radius 3 is 2.51 bits per heavy atom. The molecule has 1 saturated heterocycles. The molecular formula is C31H30ClN3O6S2. The van der Waals surface area contributed by atoms with Crippen LogP contribution in [0.15, 0.2) is 83.1 Å². The third-order valence-electron chi connectivity index (χ3n) is 6.93. The quantitative estimate of drug-likeness (QED) is 0.246. The fourth-order valence-electron chi connectivity index (χ4n) is 4.79. The Morgan fingerprint density at radius 2 is 1.79 bits per heavy atom. The topological polar surface area (TPSA) is 105 Å². The molecule has 0 saturated carbocycles. The molecule has 1 N–H and O–H groups in total. The average Bonchev–Trinajstić information content (AvgIpc) is 3.65. The first-order valence-corrected chi connectivity index (χ1v) is 16.1. The number of benzene rings is 3. The van der Waals surface area contributed by atoms with Gasteiger partial charge < -0.3 is 19.3 Å². The minimum atomic E-state index is -4.09. The fourth-order valence-corrected chi connectivity index (χ4v) is 7.14. The molecule has 0 unspecified atom stereocenters. The molecule has 3 aromatic carbocycles. The number of methoxy groups -OCH3 is 1. The number of nitrogens with zero attached hydrogens (tertiary/aromatic N) is 2. The zero-order valence-corrected chi connectivity index (χ0v) is 26.1. The molecule has 224 valence electrons. The summed E-state index contributed by atoms with van der Waals surface area (Å²) in [6, 6.07) is 20.2. The van der Waals surface area contributed by atoms with Gasteiger partial charge in [0.1, 0.15) is 27.4 Å². The van der Waals surface area contributed by atoms with E-state index in [1.54, 1.807) is 85.0 Å². The van der Waals surface area contributed by atoms with Crippen LogP contribution >= 0.6 is 22.9 Å². The van der Waals surface area contributed by atoms with E-state index < -0.39 is 10.0 Å². The van der Waals surface area contributed by atoms with Crippen LogP contribution in [0.1, 0.15) is 26.5 Å². The number of hydrogen-bond donors (Lipinski definition) is 1. The van der Waals surface area contributed by atoms with E-state index in [2.05, 4.69) is 4.72 Å². The second-order valence-corrected chi connectivity index (χ2v) is 13.1. The Kier molecular flexibility index (Phi) is 8.95. The molecule has 2 heterocycles. The molecule has 0 aliphatic carbocycles. The van der Waals surface area contributed by atoms with Crippen LogP contribution in [0.5, 0.6) is 11.5 Å². The number of anilines is 1. The van der Waals surface area contributed by atoms with Gasteiger partial charge in [0.15, 0.2) is 0 Å². The third-order valence-corrected chi connectivity index (χ3v) is 9.67. The number of thiophene rings is 1. The second kappa shape index (κ2) is 12.7. The van der Waals surface area contributed by atoms with Crippen molar-refractivity contribution in [1.82, 2.24) is 9.80 Å². The maximum absolute atomic E-state index is 13.6. The molecule has 1 atom stereocenters. The number of sulfonamides is 1. The van der Waals surface area contributed by atoms with E-state index in [-0.39, 0.29) is 28.6 Å². The Labute approximate surface area is 259 Å². The molecule has 43 heavy (non-hydrogen) atoms. The molecule has 1 aliphatic heterocycles. The minimum Gasteiger partial charge on any atom is -0.495 e. The molecule has 0 radical (unpaired) electrons. The van der Waals surface area contributed by atoms with Gasteiger partial charge in [0.25, 0.3) is 21.8 Å². The predicted octanol–water partition coefficient (Wildman–Crippen LogP) is 5.87.